The Bertz CT molecular complexity index is 2330. The van der Waals surface area contributed by atoms with Crippen molar-refractivity contribution in [1.82, 2.24) is 24.5 Å². The molecule has 21 heteroatoms. The number of likely N-dealkylation sites (tertiary alicyclic amines) is 5. The first-order chi connectivity index (χ1) is 50.1. The molecule has 21 nitrogen and oxygen atoms in total. The lowest BCUT2D eigenvalue weighted by molar-refractivity contribution is -0.129. The lowest BCUT2D eigenvalue weighted by Gasteiger charge is -2.23. The predicted octanol–water partition coefficient (Wildman–Crippen LogP) is 14.4. The van der Waals surface area contributed by atoms with E-state index in [1.807, 2.05) is 9.80 Å². The monoisotopic (exact) mass is 1470 g/mol. The zero-order valence-electron chi connectivity index (χ0n) is 67.4. The van der Waals surface area contributed by atoms with Crippen molar-refractivity contribution in [2.75, 3.05) is 78.7 Å². The fraction of sp³-hybridized carbons (Fsp3) is 0.880. The summed E-state index contributed by atoms with van der Waals surface area (Å²) in [5.41, 5.74) is 26.3. The van der Waals surface area contributed by atoms with Gasteiger partial charge >= 0.3 is 0 Å². The molecular formula is C83H156N10O11. The van der Waals surface area contributed by atoms with E-state index in [-0.39, 0.29) is 95.1 Å². The summed E-state index contributed by atoms with van der Waals surface area (Å²) in [4.78, 5) is 123. The number of ether oxygens (including phenoxy) is 1. The van der Waals surface area contributed by atoms with Gasteiger partial charge in [0, 0.05) is 111 Å². The zero-order chi connectivity index (χ0) is 77.1. The second-order valence-electron chi connectivity index (χ2n) is 31.0. The standard InChI is InChI=1S/C23H44N2O2.C16H30N2O3.C16H30N2O2.C15H28N2O2.C13H24N2O2/c1-2-3-4-5-6-7-8-9-10-11-12-13-14-15-16-17-18-25-20-21(23(24)27)19-22(25)26;1-3-5-7-13(4-2)12-21-9-6-8-18-11-14(16(17)20)10-15(18)19;1-2-3-4-5-6-7-8-9-10-11-18-13-14(16(17)20)12-15(18)19;1-2-3-4-5-6-7-8-9-10-17-12-13(15(16)19)11-14(17)18;1-3-5-6-10(4-2)8-15-9-11(13(14)17)7-12(15)16/h21H,2-20H2,1H3,(H2,24,27);13-14H,3-12H2,1-2H3,(H2,17,20);14H,2-13H2,1H3,(H2,17,20);13H,2-12H2,1H3,(H2,16,19);10-11H,3-9H2,1-2H3,(H2,14,17). The maximum Gasteiger partial charge on any atom is 0.223 e. The van der Waals surface area contributed by atoms with E-state index in [0.29, 0.717) is 83.4 Å². The van der Waals surface area contributed by atoms with Crippen molar-refractivity contribution < 1.29 is 52.7 Å². The summed E-state index contributed by atoms with van der Waals surface area (Å²) in [5.74, 6) is -1.49. The molecule has 7 atom stereocenters. The van der Waals surface area contributed by atoms with Gasteiger partial charge in [-0.15, -0.1) is 0 Å². The number of hydrogen-bond acceptors (Lipinski definition) is 11. The molecule has 0 bridgehead atoms. The summed E-state index contributed by atoms with van der Waals surface area (Å²) in [6, 6.07) is 0. The molecule has 0 aromatic rings. The first-order valence-corrected chi connectivity index (χ1v) is 42.5. The van der Waals surface area contributed by atoms with E-state index in [4.69, 9.17) is 33.4 Å². The highest BCUT2D eigenvalue weighted by atomic mass is 16.5. The molecule has 5 saturated heterocycles. The van der Waals surface area contributed by atoms with Crippen molar-refractivity contribution in [1.29, 1.82) is 0 Å². The summed E-state index contributed by atoms with van der Waals surface area (Å²) in [5, 5.41) is 0. The number of amides is 10. The van der Waals surface area contributed by atoms with Gasteiger partial charge in [-0.2, -0.15) is 0 Å². The van der Waals surface area contributed by atoms with E-state index in [1.165, 1.54) is 225 Å². The van der Waals surface area contributed by atoms with E-state index in [9.17, 15) is 47.9 Å². The van der Waals surface area contributed by atoms with Crippen LogP contribution in [0.1, 0.15) is 350 Å². The molecule has 5 heterocycles. The van der Waals surface area contributed by atoms with Crippen LogP contribution in [0.4, 0.5) is 0 Å². The first kappa shape index (κ1) is 96.7. The lowest BCUT2D eigenvalue weighted by atomic mass is 9.99. The van der Waals surface area contributed by atoms with Gasteiger partial charge < -0.3 is 57.9 Å². The van der Waals surface area contributed by atoms with Crippen LogP contribution in [0.15, 0.2) is 0 Å². The summed E-state index contributed by atoms with van der Waals surface area (Å²) < 4.78 is 5.72. The zero-order valence-corrected chi connectivity index (χ0v) is 67.4. The molecule has 604 valence electrons. The smallest absolute Gasteiger partial charge is 0.223 e. The molecule has 104 heavy (non-hydrogen) atoms. The third-order valence-electron chi connectivity index (χ3n) is 21.8. The van der Waals surface area contributed by atoms with Crippen molar-refractivity contribution in [2.24, 2.45) is 70.1 Å². The highest BCUT2D eigenvalue weighted by Gasteiger charge is 2.37. The molecule has 0 aromatic carbocycles. The molecule has 5 fully saturated rings. The van der Waals surface area contributed by atoms with E-state index in [1.54, 1.807) is 14.7 Å². The number of nitrogens with zero attached hydrogens (tertiary/aromatic N) is 5. The first-order valence-electron chi connectivity index (χ1n) is 42.5. The minimum atomic E-state index is -0.371. The van der Waals surface area contributed by atoms with Crippen LogP contribution in [0.5, 0.6) is 0 Å². The average molecular weight is 1470 g/mol. The van der Waals surface area contributed by atoms with Crippen molar-refractivity contribution in [3.63, 3.8) is 0 Å². The highest BCUT2D eigenvalue weighted by molar-refractivity contribution is 5.91. The largest absolute Gasteiger partial charge is 0.381 e. The van der Waals surface area contributed by atoms with E-state index in [0.717, 1.165) is 77.7 Å². The second kappa shape index (κ2) is 62.7. The van der Waals surface area contributed by atoms with Gasteiger partial charge in [0.15, 0.2) is 0 Å². The van der Waals surface area contributed by atoms with Gasteiger partial charge in [0.25, 0.3) is 0 Å². The van der Waals surface area contributed by atoms with E-state index < -0.39 is 0 Å². The Morgan fingerprint density at radius 2 is 0.510 bits per heavy atom. The molecule has 5 aliphatic rings. The van der Waals surface area contributed by atoms with Crippen LogP contribution < -0.4 is 28.7 Å². The Morgan fingerprint density at radius 1 is 0.298 bits per heavy atom. The summed E-state index contributed by atoms with van der Waals surface area (Å²) in [7, 11) is 0. The van der Waals surface area contributed by atoms with Crippen LogP contribution in [0.3, 0.4) is 0 Å². The molecule has 10 N–H and O–H groups in total. The highest BCUT2D eigenvalue weighted by Crippen LogP contribution is 2.25. The minimum absolute atomic E-state index is 0.0354. The molecule has 5 aliphatic heterocycles. The number of carbonyl (C=O) groups is 10. The van der Waals surface area contributed by atoms with E-state index in [2.05, 4.69) is 48.5 Å². The third kappa shape index (κ3) is 46.7. The van der Waals surface area contributed by atoms with Crippen LogP contribution in [0.25, 0.3) is 0 Å². The van der Waals surface area contributed by atoms with Crippen molar-refractivity contribution in [3.05, 3.63) is 0 Å². The SMILES string of the molecule is CCCCC(CC)CN1CC(C(N)=O)CC1=O.CCCCC(CC)COCCCN1CC(C(N)=O)CC1=O.CCCCCCCCCCCCCCCCCCN1CC(C(N)=O)CC1=O.CCCCCCCCCCCN1CC(C(N)=O)CC1=O.CCCCCCCCCCN1CC(C(N)=O)CC1=O. The molecule has 0 aromatic heterocycles. The Balaban J connectivity index is 0.000000656. The molecular weight excluding hydrogens is 1310 g/mol. The Morgan fingerprint density at radius 3 is 0.740 bits per heavy atom. The van der Waals surface area contributed by atoms with Crippen LogP contribution in [-0.4, -0.2) is 162 Å². The number of nitrogens with two attached hydrogens (primary N) is 5. The summed E-state index contributed by atoms with van der Waals surface area (Å²) >= 11 is 0. The van der Waals surface area contributed by atoms with Gasteiger partial charge in [-0.05, 0) is 50.4 Å². The maximum absolute atomic E-state index is 11.8. The normalized spacial score (nSPS) is 19.1. The fourth-order valence-electron chi connectivity index (χ4n) is 14.5. The second-order valence-corrected chi connectivity index (χ2v) is 31.0. The number of unbranched alkanes of at least 4 members (excludes halogenated alkanes) is 32. The quantitative estimate of drug-likeness (QED) is 0.0356. The van der Waals surface area contributed by atoms with Crippen LogP contribution in [-0.2, 0) is 52.7 Å². The topological polar surface area (TPSA) is 326 Å². The molecule has 5 rings (SSSR count). The lowest BCUT2D eigenvalue weighted by Crippen LogP contribution is -2.32. The Kier molecular flexibility index (Phi) is 58.3. The maximum atomic E-state index is 11.8. The molecule has 0 aliphatic carbocycles. The van der Waals surface area contributed by atoms with Crippen LogP contribution in [0.2, 0.25) is 0 Å². The number of rotatable bonds is 57. The molecule has 0 radical (unpaired) electrons. The summed E-state index contributed by atoms with van der Waals surface area (Å²) in [6.45, 7) is 23.4. The van der Waals surface area contributed by atoms with Crippen molar-refractivity contribution >= 4 is 59.1 Å². The molecule has 0 saturated carbocycles. The number of primary amides is 5. The average Bonchev–Trinajstić information content (AvgIpc) is 1.77. The molecule has 7 unspecified atom stereocenters. The van der Waals surface area contributed by atoms with Gasteiger partial charge in [0.05, 0.1) is 29.6 Å². The van der Waals surface area contributed by atoms with Crippen LogP contribution >= 0.6 is 0 Å². The van der Waals surface area contributed by atoms with Gasteiger partial charge in [-0.3, -0.25) is 47.9 Å². The van der Waals surface area contributed by atoms with Gasteiger partial charge in [0.1, 0.15) is 0 Å². The molecule has 0 spiro atoms. The predicted molar refractivity (Wildman–Crippen MR) is 421 cm³/mol. The van der Waals surface area contributed by atoms with Crippen LogP contribution in [0, 0.1) is 41.4 Å². The summed E-state index contributed by atoms with van der Waals surface area (Å²) in [6.07, 6.45) is 55.2. The minimum Gasteiger partial charge on any atom is -0.381 e. The van der Waals surface area contributed by atoms with Gasteiger partial charge in [-0.1, -0.05) is 280 Å². The van der Waals surface area contributed by atoms with Crippen molar-refractivity contribution in [3.8, 4) is 0 Å². The van der Waals surface area contributed by atoms with Crippen molar-refractivity contribution in [2.45, 2.75) is 350 Å². The Hall–Kier alpha value is -5.34. The third-order valence-corrected chi connectivity index (χ3v) is 21.8. The Labute approximate surface area is 632 Å². The van der Waals surface area contributed by atoms with Gasteiger partial charge in [-0.25, -0.2) is 0 Å². The molecule has 10 amide bonds. The van der Waals surface area contributed by atoms with Gasteiger partial charge in [0.2, 0.25) is 59.1 Å². The van der Waals surface area contributed by atoms with E-state index >= 15 is 0 Å². The number of carbonyl (C=O) groups excluding carboxylic acids is 10. The fourth-order valence-corrected chi connectivity index (χ4v) is 14.5. The number of hydrogen-bond donors (Lipinski definition) is 5.